The van der Waals surface area contributed by atoms with E-state index in [1.165, 1.54) is 5.06 Å². The van der Waals surface area contributed by atoms with Crippen LogP contribution in [-0.2, 0) is 51.4 Å². The molecule has 2 aromatic carbocycles. The van der Waals surface area contributed by atoms with Crippen LogP contribution in [0.2, 0.25) is 0 Å². The molecule has 5 rings (SSSR count). The SMILES string of the molecule is CC[C@H](C)[C@@H]([C@@H](CC(=O)N1CCC[C@H]1[C@H](OC)[C@@H](C)C(=O)N[C@@]1(C(=O)N2Cc3ccccc3CO2)C[C@@H]1c1ccccc1)OC)N(C)[C@H](C(=O)NC(=O)[C@H](C(C)C)N(C)CCCCCCN)C(C)C. The maximum absolute atomic E-state index is 14.7. The van der Waals surface area contributed by atoms with E-state index in [0.717, 1.165) is 61.8 Å². The second kappa shape index (κ2) is 25.7. The van der Waals surface area contributed by atoms with Crippen LogP contribution in [0.4, 0.5) is 0 Å². The molecule has 2 aliphatic heterocycles. The molecule has 1 aliphatic carbocycles. The number of ether oxygens (including phenoxy) is 2. The van der Waals surface area contributed by atoms with Gasteiger partial charge in [-0.25, -0.2) is 5.06 Å². The molecule has 1 saturated carbocycles. The van der Waals surface area contributed by atoms with Gasteiger partial charge in [0, 0.05) is 32.7 Å². The van der Waals surface area contributed by atoms with Crippen molar-refractivity contribution in [1.82, 2.24) is 30.4 Å². The van der Waals surface area contributed by atoms with E-state index in [0.29, 0.717) is 25.9 Å². The highest BCUT2D eigenvalue weighted by atomic mass is 16.7. The number of imide groups is 1. The lowest BCUT2D eigenvalue weighted by Crippen LogP contribution is -2.60. The van der Waals surface area contributed by atoms with Gasteiger partial charge in [0.15, 0.2) is 0 Å². The maximum atomic E-state index is 14.7. The van der Waals surface area contributed by atoms with Gasteiger partial charge in [0.25, 0.3) is 5.91 Å². The van der Waals surface area contributed by atoms with E-state index in [1.54, 1.807) is 21.1 Å². The molecule has 15 nitrogen and oxygen atoms in total. The molecule has 0 aromatic heterocycles. The number of unbranched alkanes of at least 4 members (excludes halogenated alkanes) is 3. The van der Waals surface area contributed by atoms with Gasteiger partial charge in [-0.3, -0.25) is 43.9 Å². The molecule has 0 radical (unpaired) electrons. The molecule has 1 saturated heterocycles. The van der Waals surface area contributed by atoms with Gasteiger partial charge >= 0.3 is 0 Å². The number of hydrogen-bond acceptors (Lipinski definition) is 11. The fourth-order valence-electron chi connectivity index (χ4n) is 11.3. The molecular formula is C54H85N7O8. The minimum absolute atomic E-state index is 0.0124. The van der Waals surface area contributed by atoms with Crippen molar-refractivity contribution in [2.24, 2.45) is 29.4 Å². The van der Waals surface area contributed by atoms with Crippen LogP contribution in [0.5, 0.6) is 0 Å². The third kappa shape index (κ3) is 13.4. The Labute approximate surface area is 412 Å². The molecule has 384 valence electrons. The third-order valence-corrected chi connectivity index (χ3v) is 15.3. The molecule has 15 heteroatoms. The summed E-state index contributed by atoms with van der Waals surface area (Å²) in [5, 5.41) is 7.39. The summed E-state index contributed by atoms with van der Waals surface area (Å²) in [4.78, 5) is 83.8. The quantitative estimate of drug-likeness (QED) is 0.0938. The Morgan fingerprint density at radius 3 is 2.10 bits per heavy atom. The number of fused-ring (bicyclic) bond motifs is 1. The zero-order valence-electron chi connectivity index (χ0n) is 43.6. The number of hydrogen-bond donors (Lipinski definition) is 3. The second-order valence-corrected chi connectivity index (χ2v) is 20.7. The number of likely N-dealkylation sites (N-methyl/N-ethyl adjacent to an activating group) is 2. The first-order valence-corrected chi connectivity index (χ1v) is 25.7. The van der Waals surface area contributed by atoms with Crippen molar-refractivity contribution in [2.75, 3.05) is 47.9 Å². The Morgan fingerprint density at radius 1 is 0.841 bits per heavy atom. The van der Waals surface area contributed by atoms with Crippen LogP contribution in [-0.4, -0.2) is 139 Å². The predicted octanol–water partition coefficient (Wildman–Crippen LogP) is 6.04. The summed E-state index contributed by atoms with van der Waals surface area (Å²) in [6.07, 6.45) is 5.32. The van der Waals surface area contributed by atoms with Crippen molar-refractivity contribution in [2.45, 2.75) is 167 Å². The zero-order valence-corrected chi connectivity index (χ0v) is 43.6. The molecule has 2 fully saturated rings. The Balaban J connectivity index is 1.29. The van der Waals surface area contributed by atoms with E-state index in [4.69, 9.17) is 20.0 Å². The summed E-state index contributed by atoms with van der Waals surface area (Å²) in [5.74, 6) is -2.59. The molecule has 0 bridgehead atoms. The fourth-order valence-corrected chi connectivity index (χ4v) is 11.3. The molecular weight excluding hydrogens is 875 g/mol. The minimum atomic E-state index is -1.21. The average Bonchev–Trinajstić information content (AvgIpc) is 3.85. The van der Waals surface area contributed by atoms with Crippen LogP contribution in [0.1, 0.15) is 129 Å². The van der Waals surface area contributed by atoms with Gasteiger partial charge in [0.2, 0.25) is 23.6 Å². The first-order valence-electron chi connectivity index (χ1n) is 25.7. The number of amides is 5. The van der Waals surface area contributed by atoms with Gasteiger partial charge in [-0.2, -0.15) is 0 Å². The van der Waals surface area contributed by atoms with Crippen LogP contribution in [0.3, 0.4) is 0 Å². The van der Waals surface area contributed by atoms with Crippen molar-refractivity contribution in [3.8, 4) is 0 Å². The molecule has 69 heavy (non-hydrogen) atoms. The van der Waals surface area contributed by atoms with Crippen molar-refractivity contribution in [3.63, 3.8) is 0 Å². The lowest BCUT2D eigenvalue weighted by atomic mass is 9.87. The standard InChI is InChI=1S/C54H85N7O8/c1-12-37(6)48(59(9)47(36(4)5)52(65)56-51(64)46(35(2)3)58(8)29-21-14-13-20-28-55)44(67-10)31-45(62)60-30-22-27-43(60)49(68-11)38(7)50(63)57-54(32-42(54)39-23-16-15-17-24-39)53(66)61-33-40-25-18-19-26-41(40)34-69-61/h15-19,23-26,35-38,42-44,46-49H,12-14,20-22,27-34,55H2,1-11H3,(H,57,63)(H,56,64,65)/t37-,38+,42+,43-,44+,46-,47-,48-,49+,54-/m0/s1. The van der Waals surface area contributed by atoms with Crippen LogP contribution in [0.15, 0.2) is 54.6 Å². The minimum Gasteiger partial charge on any atom is -0.379 e. The van der Waals surface area contributed by atoms with Gasteiger partial charge in [0.1, 0.15) is 12.1 Å². The number of benzene rings is 2. The van der Waals surface area contributed by atoms with E-state index in [1.807, 2.05) is 111 Å². The van der Waals surface area contributed by atoms with Gasteiger partial charge < -0.3 is 25.4 Å². The summed E-state index contributed by atoms with van der Waals surface area (Å²) >= 11 is 0. The molecule has 2 heterocycles. The summed E-state index contributed by atoms with van der Waals surface area (Å²) in [6.45, 7) is 16.4. The highest BCUT2D eigenvalue weighted by molar-refractivity contribution is 6.00. The van der Waals surface area contributed by atoms with E-state index in [9.17, 15) is 24.0 Å². The molecule has 2 aromatic rings. The van der Waals surface area contributed by atoms with E-state index >= 15 is 0 Å². The maximum Gasteiger partial charge on any atom is 0.272 e. The monoisotopic (exact) mass is 960 g/mol. The van der Waals surface area contributed by atoms with Crippen molar-refractivity contribution in [3.05, 3.63) is 71.3 Å². The number of rotatable bonds is 26. The van der Waals surface area contributed by atoms with Crippen LogP contribution < -0.4 is 16.4 Å². The number of likely N-dealkylation sites (tertiary alicyclic amines) is 1. The molecule has 0 spiro atoms. The number of nitrogens with zero attached hydrogens (tertiary/aromatic N) is 4. The smallest absolute Gasteiger partial charge is 0.272 e. The number of nitrogens with two attached hydrogens (primary N) is 1. The Morgan fingerprint density at radius 2 is 1.48 bits per heavy atom. The highest BCUT2D eigenvalue weighted by Gasteiger charge is 2.64. The number of carbonyl (C=O) groups excluding carboxylic acids is 5. The molecule has 5 amide bonds. The molecule has 10 atom stereocenters. The van der Waals surface area contributed by atoms with E-state index in [2.05, 4.69) is 24.5 Å². The third-order valence-electron chi connectivity index (χ3n) is 15.3. The predicted molar refractivity (Wildman–Crippen MR) is 268 cm³/mol. The van der Waals surface area contributed by atoms with Crippen LogP contribution >= 0.6 is 0 Å². The molecule has 4 N–H and O–H groups in total. The van der Waals surface area contributed by atoms with E-state index < -0.39 is 41.8 Å². The fraction of sp³-hybridized carbons (Fsp3) is 0.685. The van der Waals surface area contributed by atoms with Crippen molar-refractivity contribution < 1.29 is 38.3 Å². The molecule has 0 unspecified atom stereocenters. The Kier molecular flexibility index (Phi) is 20.8. The van der Waals surface area contributed by atoms with Crippen LogP contribution in [0.25, 0.3) is 0 Å². The average molecular weight is 960 g/mol. The number of carbonyl (C=O) groups is 5. The largest absolute Gasteiger partial charge is 0.379 e. The van der Waals surface area contributed by atoms with Gasteiger partial charge in [0.05, 0.1) is 49.2 Å². The normalized spacial score (nSPS) is 22.2. The van der Waals surface area contributed by atoms with Crippen molar-refractivity contribution in [1.29, 1.82) is 0 Å². The number of methoxy groups -OCH3 is 2. The lowest BCUT2D eigenvalue weighted by Gasteiger charge is -2.43. The van der Waals surface area contributed by atoms with Gasteiger partial charge in [-0.15, -0.1) is 0 Å². The lowest BCUT2D eigenvalue weighted by molar-refractivity contribution is -0.204. The first kappa shape index (κ1) is 55.7. The summed E-state index contributed by atoms with van der Waals surface area (Å²) in [5.41, 5.74) is 7.45. The second-order valence-electron chi connectivity index (χ2n) is 20.7. The molecule has 3 aliphatic rings. The first-order chi connectivity index (χ1) is 33.0. The van der Waals surface area contributed by atoms with Crippen LogP contribution in [0, 0.1) is 23.7 Å². The topological polar surface area (TPSA) is 176 Å². The highest BCUT2D eigenvalue weighted by Crippen LogP contribution is 2.53. The zero-order chi connectivity index (χ0) is 50.6. The summed E-state index contributed by atoms with van der Waals surface area (Å²) in [6, 6.07) is 15.7. The van der Waals surface area contributed by atoms with Crippen molar-refractivity contribution >= 4 is 29.5 Å². The number of hydroxylamine groups is 2. The van der Waals surface area contributed by atoms with Gasteiger partial charge in [-0.1, -0.05) is 122 Å². The summed E-state index contributed by atoms with van der Waals surface area (Å²) < 4.78 is 12.3. The van der Waals surface area contributed by atoms with E-state index in [-0.39, 0.29) is 78.8 Å². The van der Waals surface area contributed by atoms with Gasteiger partial charge in [-0.05, 0) is 93.7 Å². The Bertz CT molecular complexity index is 2000. The Hall–Kier alpha value is -4.25. The number of nitrogens with one attached hydrogen (secondary N) is 2. The summed E-state index contributed by atoms with van der Waals surface area (Å²) in [7, 11) is 7.01.